The Morgan fingerprint density at radius 2 is 1.12 bits per heavy atom. The van der Waals surface area contributed by atoms with E-state index in [1.54, 1.807) is 36.9 Å². The number of aromatic nitrogens is 4. The molecule has 4 rings (SSSR count). The molecule has 0 aliphatic carbocycles. The van der Waals surface area contributed by atoms with Gasteiger partial charge in [0.2, 0.25) is 0 Å². The third kappa shape index (κ3) is 6.07. The number of ketones is 1. The highest BCUT2D eigenvalue weighted by Crippen LogP contribution is 2.18. The van der Waals surface area contributed by atoms with Gasteiger partial charge in [0.1, 0.15) is 11.5 Å². The molecule has 0 amide bonds. The first-order valence-electron chi connectivity index (χ1n) is 10.7. The summed E-state index contributed by atoms with van der Waals surface area (Å²) < 4.78 is 11.5. The Hall–Kier alpha value is -3.87. The molecule has 0 radical (unpaired) electrons. The van der Waals surface area contributed by atoms with Crippen LogP contribution in [0.4, 0.5) is 0 Å². The maximum atomic E-state index is 12.8. The predicted octanol–water partition coefficient (Wildman–Crippen LogP) is 4.39. The Balaban J connectivity index is 1.21. The second kappa shape index (κ2) is 10.9. The molecule has 2 aromatic heterocycles. The number of carbonyl (C=O) groups excluding carboxylic acids is 1. The smallest absolute Gasteiger partial charge is 0.193 e. The summed E-state index contributed by atoms with van der Waals surface area (Å²) in [5.74, 6) is 1.48. The third-order valence-electron chi connectivity index (χ3n) is 5.06. The Morgan fingerprint density at radius 1 is 0.688 bits per heavy atom. The lowest BCUT2D eigenvalue weighted by Crippen LogP contribution is -2.03. The van der Waals surface area contributed by atoms with E-state index in [-0.39, 0.29) is 5.78 Å². The van der Waals surface area contributed by atoms with Crippen LogP contribution in [-0.2, 0) is 12.8 Å². The number of hydrogen-bond acceptors (Lipinski definition) is 5. The summed E-state index contributed by atoms with van der Waals surface area (Å²) in [5.41, 5.74) is 3.45. The zero-order valence-electron chi connectivity index (χ0n) is 17.8. The van der Waals surface area contributed by atoms with Crippen LogP contribution in [0.3, 0.4) is 0 Å². The lowest BCUT2D eigenvalue weighted by atomic mass is 10.0. The zero-order chi connectivity index (χ0) is 22.0. The van der Waals surface area contributed by atoms with E-state index in [9.17, 15) is 4.79 Å². The molecule has 0 saturated carbocycles. The van der Waals surface area contributed by atoms with Crippen molar-refractivity contribution >= 4 is 5.78 Å². The summed E-state index contributed by atoms with van der Waals surface area (Å²) in [6, 6.07) is 14.5. The molecule has 0 saturated heterocycles. The molecule has 0 bridgehead atoms. The van der Waals surface area contributed by atoms with Gasteiger partial charge in [-0.1, -0.05) is 0 Å². The highest BCUT2D eigenvalue weighted by atomic mass is 16.5. The van der Waals surface area contributed by atoms with E-state index >= 15 is 0 Å². The van der Waals surface area contributed by atoms with Gasteiger partial charge in [0.05, 0.1) is 25.9 Å². The second-order valence-electron chi connectivity index (χ2n) is 7.44. The summed E-state index contributed by atoms with van der Waals surface area (Å²) in [6.45, 7) is 1.21. The summed E-state index contributed by atoms with van der Waals surface area (Å²) in [5, 5.41) is 0. The number of rotatable bonds is 12. The van der Waals surface area contributed by atoms with Crippen molar-refractivity contribution in [1.29, 1.82) is 0 Å². The van der Waals surface area contributed by atoms with Crippen LogP contribution in [0.1, 0.15) is 40.2 Å². The van der Waals surface area contributed by atoms with Gasteiger partial charge in [0, 0.05) is 34.9 Å². The van der Waals surface area contributed by atoms with Crippen molar-refractivity contribution < 1.29 is 14.3 Å². The van der Waals surface area contributed by atoms with Crippen molar-refractivity contribution in [3.05, 3.63) is 96.1 Å². The number of nitrogens with zero attached hydrogens (tertiary/aromatic N) is 2. The van der Waals surface area contributed by atoms with Crippen molar-refractivity contribution in [3.8, 4) is 11.5 Å². The van der Waals surface area contributed by atoms with Gasteiger partial charge in [-0.15, -0.1) is 0 Å². The first kappa shape index (κ1) is 21.4. The fraction of sp³-hybridized carbons (Fsp3) is 0.240. The standard InChI is InChI=1S/C25H26N4O3/c30-25(19-5-9-23(10-6-19)31-13-1-3-21-15-26-17-28-21)20-7-11-24(12-8-20)32-14-2-4-22-16-27-18-29-22/h5-12,15-18H,1-4,13-14H2,(H,26,28)(H,27,29). The fourth-order valence-electron chi connectivity index (χ4n) is 3.32. The van der Waals surface area contributed by atoms with Crippen molar-refractivity contribution in [2.45, 2.75) is 25.7 Å². The first-order valence-corrected chi connectivity index (χ1v) is 10.7. The molecule has 32 heavy (non-hydrogen) atoms. The van der Waals surface area contributed by atoms with Crippen LogP contribution >= 0.6 is 0 Å². The van der Waals surface area contributed by atoms with E-state index in [0.717, 1.165) is 48.6 Å². The minimum absolute atomic E-state index is 0.0263. The van der Waals surface area contributed by atoms with Crippen molar-refractivity contribution in [2.75, 3.05) is 13.2 Å². The SMILES string of the molecule is O=C(c1ccc(OCCCc2cnc[nH]2)cc1)c1ccc(OCCCc2cnc[nH]2)cc1. The highest BCUT2D eigenvalue weighted by Gasteiger charge is 2.09. The van der Waals surface area contributed by atoms with Crippen LogP contribution in [-0.4, -0.2) is 38.9 Å². The molecule has 7 nitrogen and oxygen atoms in total. The van der Waals surface area contributed by atoms with Gasteiger partial charge >= 0.3 is 0 Å². The average Bonchev–Trinajstić information content (AvgIpc) is 3.54. The lowest BCUT2D eigenvalue weighted by molar-refractivity contribution is 0.103. The third-order valence-corrected chi connectivity index (χ3v) is 5.06. The Bertz CT molecular complexity index is 986. The molecule has 4 aromatic rings. The maximum absolute atomic E-state index is 12.8. The molecular weight excluding hydrogens is 404 g/mol. The molecule has 0 aliphatic rings. The van der Waals surface area contributed by atoms with E-state index < -0.39 is 0 Å². The van der Waals surface area contributed by atoms with Crippen molar-refractivity contribution in [1.82, 2.24) is 19.9 Å². The molecule has 2 heterocycles. The van der Waals surface area contributed by atoms with Crippen molar-refractivity contribution in [2.24, 2.45) is 0 Å². The topological polar surface area (TPSA) is 92.9 Å². The molecule has 0 atom stereocenters. The van der Waals surface area contributed by atoms with Gasteiger partial charge < -0.3 is 19.4 Å². The summed E-state index contributed by atoms with van der Waals surface area (Å²) in [6.07, 6.45) is 10.6. The summed E-state index contributed by atoms with van der Waals surface area (Å²) in [4.78, 5) is 26.9. The molecule has 0 spiro atoms. The molecular formula is C25H26N4O3. The Morgan fingerprint density at radius 3 is 1.50 bits per heavy atom. The largest absolute Gasteiger partial charge is 0.494 e. The number of aromatic amines is 2. The summed E-state index contributed by atoms with van der Waals surface area (Å²) in [7, 11) is 0. The molecule has 2 N–H and O–H groups in total. The molecule has 164 valence electrons. The van der Waals surface area contributed by atoms with E-state index in [1.165, 1.54) is 0 Å². The van der Waals surface area contributed by atoms with E-state index in [2.05, 4.69) is 19.9 Å². The van der Waals surface area contributed by atoms with Crippen LogP contribution in [0.2, 0.25) is 0 Å². The van der Waals surface area contributed by atoms with Gasteiger partial charge in [0.15, 0.2) is 5.78 Å². The van der Waals surface area contributed by atoms with Crippen LogP contribution in [0.5, 0.6) is 11.5 Å². The van der Waals surface area contributed by atoms with Crippen molar-refractivity contribution in [3.63, 3.8) is 0 Å². The van der Waals surface area contributed by atoms with Crippen LogP contribution in [0, 0.1) is 0 Å². The van der Waals surface area contributed by atoms with Gasteiger partial charge in [-0.05, 0) is 74.2 Å². The van der Waals surface area contributed by atoms with Gasteiger partial charge in [-0.3, -0.25) is 4.79 Å². The first-order chi connectivity index (χ1) is 15.8. The lowest BCUT2D eigenvalue weighted by Gasteiger charge is -2.08. The normalized spacial score (nSPS) is 10.8. The van der Waals surface area contributed by atoms with E-state index in [1.807, 2.05) is 36.7 Å². The highest BCUT2D eigenvalue weighted by molar-refractivity contribution is 6.09. The van der Waals surface area contributed by atoms with E-state index in [0.29, 0.717) is 24.3 Å². The number of imidazole rings is 2. The monoisotopic (exact) mass is 430 g/mol. The number of ether oxygens (including phenoxy) is 2. The van der Waals surface area contributed by atoms with Crippen LogP contribution in [0.25, 0.3) is 0 Å². The van der Waals surface area contributed by atoms with Gasteiger partial charge in [0.25, 0.3) is 0 Å². The van der Waals surface area contributed by atoms with Crippen LogP contribution in [0.15, 0.2) is 73.6 Å². The Labute approximate surface area is 186 Å². The number of benzene rings is 2. The number of H-pyrrole nitrogens is 2. The molecule has 0 aliphatic heterocycles. The average molecular weight is 431 g/mol. The minimum atomic E-state index is -0.0263. The summed E-state index contributed by atoms with van der Waals surface area (Å²) >= 11 is 0. The molecule has 0 unspecified atom stereocenters. The van der Waals surface area contributed by atoms with E-state index in [4.69, 9.17) is 9.47 Å². The number of aryl methyl sites for hydroxylation is 2. The minimum Gasteiger partial charge on any atom is -0.494 e. The number of nitrogens with one attached hydrogen (secondary N) is 2. The molecule has 2 aromatic carbocycles. The Kier molecular flexibility index (Phi) is 7.31. The fourth-order valence-corrected chi connectivity index (χ4v) is 3.32. The molecule has 7 heteroatoms. The van der Waals surface area contributed by atoms with Crippen LogP contribution < -0.4 is 9.47 Å². The zero-order valence-corrected chi connectivity index (χ0v) is 17.8. The maximum Gasteiger partial charge on any atom is 0.193 e. The van der Waals surface area contributed by atoms with Gasteiger partial charge in [-0.25, -0.2) is 9.97 Å². The molecule has 0 fully saturated rings. The number of hydrogen-bond donors (Lipinski definition) is 2. The number of carbonyl (C=O) groups is 1. The second-order valence-corrected chi connectivity index (χ2v) is 7.44. The van der Waals surface area contributed by atoms with Gasteiger partial charge in [-0.2, -0.15) is 0 Å². The quantitative estimate of drug-likeness (QED) is 0.257. The predicted molar refractivity (Wildman–Crippen MR) is 121 cm³/mol.